The minimum Gasteiger partial charge on any atom is -0.381 e. The van der Waals surface area contributed by atoms with Crippen molar-refractivity contribution in [2.45, 2.75) is 19.8 Å². The molecule has 0 saturated carbocycles. The molecule has 25 heavy (non-hydrogen) atoms. The number of anilines is 1. The number of hydrogen-bond acceptors (Lipinski definition) is 5. The quantitative estimate of drug-likeness (QED) is 0.790. The molecule has 3 aromatic rings. The molecular formula is C18H20FN5O. The molecule has 1 aromatic carbocycles. The third kappa shape index (κ3) is 3.32. The Balaban J connectivity index is 1.65. The number of ether oxygens (including phenoxy) is 1. The summed E-state index contributed by atoms with van der Waals surface area (Å²) in [6.07, 6.45) is 4.01. The SMILES string of the molecule is Cc1nc(NC[C@@H]2CCCOC2)c2cnn(-c3ccc(F)cc3)c2n1. The van der Waals surface area contributed by atoms with Crippen LogP contribution in [0.4, 0.5) is 10.2 Å². The summed E-state index contributed by atoms with van der Waals surface area (Å²) in [5, 5.41) is 8.70. The second-order valence-electron chi connectivity index (χ2n) is 6.35. The van der Waals surface area contributed by atoms with E-state index in [1.54, 1.807) is 23.0 Å². The number of rotatable bonds is 4. The minimum absolute atomic E-state index is 0.275. The predicted octanol–water partition coefficient (Wildman–Crippen LogP) is 3.10. The first-order chi connectivity index (χ1) is 12.2. The van der Waals surface area contributed by atoms with Crippen molar-refractivity contribution in [2.24, 2.45) is 5.92 Å². The van der Waals surface area contributed by atoms with Crippen LogP contribution in [0.3, 0.4) is 0 Å². The molecule has 0 spiro atoms. The summed E-state index contributed by atoms with van der Waals surface area (Å²) in [7, 11) is 0. The number of aromatic nitrogens is 4. The van der Waals surface area contributed by atoms with Crippen molar-refractivity contribution in [3.05, 3.63) is 42.1 Å². The first kappa shape index (κ1) is 16.0. The van der Waals surface area contributed by atoms with Crippen LogP contribution in [0.15, 0.2) is 30.5 Å². The lowest BCUT2D eigenvalue weighted by Crippen LogP contribution is -2.24. The van der Waals surface area contributed by atoms with Crippen LogP contribution in [0, 0.1) is 18.7 Å². The van der Waals surface area contributed by atoms with Gasteiger partial charge in [-0.05, 0) is 49.9 Å². The average molecular weight is 341 g/mol. The molecule has 1 fully saturated rings. The van der Waals surface area contributed by atoms with Gasteiger partial charge in [0.2, 0.25) is 0 Å². The zero-order chi connectivity index (χ0) is 17.2. The fourth-order valence-electron chi connectivity index (χ4n) is 3.13. The molecule has 0 radical (unpaired) electrons. The summed E-state index contributed by atoms with van der Waals surface area (Å²) in [6, 6.07) is 6.20. The van der Waals surface area contributed by atoms with Crippen LogP contribution in [-0.2, 0) is 4.74 Å². The van der Waals surface area contributed by atoms with Gasteiger partial charge >= 0.3 is 0 Å². The highest BCUT2D eigenvalue weighted by atomic mass is 19.1. The van der Waals surface area contributed by atoms with Gasteiger partial charge in [0.25, 0.3) is 0 Å². The third-order valence-electron chi connectivity index (χ3n) is 4.42. The minimum atomic E-state index is -0.275. The van der Waals surface area contributed by atoms with E-state index in [0.29, 0.717) is 17.4 Å². The number of aryl methyl sites for hydroxylation is 1. The molecule has 0 bridgehead atoms. The Kier molecular flexibility index (Phi) is 4.31. The van der Waals surface area contributed by atoms with E-state index in [9.17, 15) is 4.39 Å². The molecule has 3 heterocycles. The average Bonchev–Trinajstić information content (AvgIpc) is 3.05. The van der Waals surface area contributed by atoms with E-state index in [2.05, 4.69) is 20.4 Å². The van der Waals surface area contributed by atoms with E-state index in [4.69, 9.17) is 4.74 Å². The van der Waals surface area contributed by atoms with Gasteiger partial charge in [-0.2, -0.15) is 5.10 Å². The number of fused-ring (bicyclic) bond motifs is 1. The molecule has 7 heteroatoms. The van der Waals surface area contributed by atoms with Gasteiger partial charge in [0.15, 0.2) is 5.65 Å². The lowest BCUT2D eigenvalue weighted by Gasteiger charge is -2.22. The van der Waals surface area contributed by atoms with Crippen molar-refractivity contribution in [2.75, 3.05) is 25.1 Å². The monoisotopic (exact) mass is 341 g/mol. The molecule has 1 atom stereocenters. The van der Waals surface area contributed by atoms with Gasteiger partial charge in [-0.15, -0.1) is 0 Å². The number of benzene rings is 1. The molecule has 4 rings (SSSR count). The van der Waals surface area contributed by atoms with Gasteiger partial charge in [0, 0.05) is 13.2 Å². The summed E-state index contributed by atoms with van der Waals surface area (Å²) in [6.45, 7) is 4.32. The van der Waals surface area contributed by atoms with Crippen molar-refractivity contribution in [1.82, 2.24) is 19.7 Å². The number of hydrogen-bond donors (Lipinski definition) is 1. The van der Waals surface area contributed by atoms with E-state index in [0.717, 1.165) is 49.5 Å². The Morgan fingerprint density at radius 1 is 1.28 bits per heavy atom. The second-order valence-corrected chi connectivity index (χ2v) is 6.35. The summed E-state index contributed by atoms with van der Waals surface area (Å²) in [5.74, 6) is 1.66. The Morgan fingerprint density at radius 3 is 2.88 bits per heavy atom. The fourth-order valence-corrected chi connectivity index (χ4v) is 3.13. The highest BCUT2D eigenvalue weighted by Crippen LogP contribution is 2.24. The Hall–Kier alpha value is -2.54. The maximum absolute atomic E-state index is 13.2. The Bertz CT molecular complexity index is 871. The van der Waals surface area contributed by atoms with Gasteiger partial charge in [-0.25, -0.2) is 19.0 Å². The van der Waals surface area contributed by atoms with Crippen LogP contribution in [0.1, 0.15) is 18.7 Å². The number of halogens is 1. The lowest BCUT2D eigenvalue weighted by atomic mass is 10.0. The van der Waals surface area contributed by atoms with Gasteiger partial charge < -0.3 is 10.1 Å². The van der Waals surface area contributed by atoms with Crippen molar-refractivity contribution in [1.29, 1.82) is 0 Å². The molecule has 1 saturated heterocycles. The van der Waals surface area contributed by atoms with Crippen molar-refractivity contribution in [3.8, 4) is 5.69 Å². The largest absolute Gasteiger partial charge is 0.381 e. The summed E-state index contributed by atoms with van der Waals surface area (Å²) in [4.78, 5) is 9.05. The Labute approximate surface area is 145 Å². The molecular weight excluding hydrogens is 321 g/mol. The van der Waals surface area contributed by atoms with E-state index in [1.807, 2.05) is 6.92 Å². The van der Waals surface area contributed by atoms with E-state index in [-0.39, 0.29) is 5.82 Å². The molecule has 1 N–H and O–H groups in total. The summed E-state index contributed by atoms with van der Waals surface area (Å²) >= 11 is 0. The van der Waals surface area contributed by atoms with Crippen LogP contribution in [0.5, 0.6) is 0 Å². The smallest absolute Gasteiger partial charge is 0.168 e. The Morgan fingerprint density at radius 2 is 2.12 bits per heavy atom. The molecule has 0 amide bonds. The van der Waals surface area contributed by atoms with E-state index >= 15 is 0 Å². The van der Waals surface area contributed by atoms with Gasteiger partial charge in [0.1, 0.15) is 17.5 Å². The molecule has 6 nitrogen and oxygen atoms in total. The van der Waals surface area contributed by atoms with E-state index < -0.39 is 0 Å². The maximum atomic E-state index is 13.2. The molecule has 130 valence electrons. The second kappa shape index (κ2) is 6.76. The third-order valence-corrected chi connectivity index (χ3v) is 4.42. The fraction of sp³-hybridized carbons (Fsp3) is 0.389. The molecule has 0 aliphatic carbocycles. The molecule has 2 aromatic heterocycles. The summed E-state index contributed by atoms with van der Waals surface area (Å²) < 4.78 is 20.4. The van der Waals surface area contributed by atoms with Crippen LogP contribution in [-0.4, -0.2) is 39.5 Å². The van der Waals surface area contributed by atoms with Gasteiger partial charge in [-0.3, -0.25) is 0 Å². The van der Waals surface area contributed by atoms with Gasteiger partial charge in [0.05, 0.1) is 23.9 Å². The molecule has 0 unspecified atom stereocenters. The van der Waals surface area contributed by atoms with Crippen molar-refractivity contribution >= 4 is 16.9 Å². The van der Waals surface area contributed by atoms with Crippen LogP contribution in [0.25, 0.3) is 16.7 Å². The van der Waals surface area contributed by atoms with Crippen LogP contribution >= 0.6 is 0 Å². The van der Waals surface area contributed by atoms with Crippen LogP contribution in [0.2, 0.25) is 0 Å². The van der Waals surface area contributed by atoms with Crippen molar-refractivity contribution < 1.29 is 9.13 Å². The normalized spacial score (nSPS) is 17.8. The predicted molar refractivity (Wildman–Crippen MR) is 93.4 cm³/mol. The number of nitrogens with one attached hydrogen (secondary N) is 1. The first-order valence-electron chi connectivity index (χ1n) is 8.50. The zero-order valence-electron chi connectivity index (χ0n) is 14.1. The highest BCUT2D eigenvalue weighted by molar-refractivity contribution is 5.87. The first-order valence-corrected chi connectivity index (χ1v) is 8.50. The van der Waals surface area contributed by atoms with Crippen LogP contribution < -0.4 is 5.32 Å². The van der Waals surface area contributed by atoms with E-state index in [1.165, 1.54) is 12.1 Å². The molecule has 1 aliphatic heterocycles. The standard InChI is InChI=1S/C18H20FN5O/c1-12-22-17(20-9-13-3-2-8-25-11-13)16-10-21-24(18(16)23-12)15-6-4-14(19)5-7-15/h4-7,10,13H,2-3,8-9,11H2,1H3,(H,20,22,23)/t13-/m0/s1. The topological polar surface area (TPSA) is 64.9 Å². The highest BCUT2D eigenvalue weighted by Gasteiger charge is 2.16. The van der Waals surface area contributed by atoms with Crippen molar-refractivity contribution in [3.63, 3.8) is 0 Å². The summed E-state index contributed by atoms with van der Waals surface area (Å²) in [5.41, 5.74) is 1.47. The number of nitrogens with zero attached hydrogens (tertiary/aromatic N) is 4. The zero-order valence-corrected chi connectivity index (χ0v) is 14.1. The maximum Gasteiger partial charge on any atom is 0.168 e. The lowest BCUT2D eigenvalue weighted by molar-refractivity contribution is 0.0595. The van der Waals surface area contributed by atoms with Gasteiger partial charge in [-0.1, -0.05) is 0 Å². The molecule has 1 aliphatic rings.